The summed E-state index contributed by atoms with van der Waals surface area (Å²) in [4.78, 5) is 26.7. The number of likely N-dealkylation sites (N-methyl/N-ethyl adjacent to an activating group) is 1. The van der Waals surface area contributed by atoms with Crippen molar-refractivity contribution in [3.63, 3.8) is 0 Å². The van der Waals surface area contributed by atoms with Crippen LogP contribution in [-0.4, -0.2) is 60.5 Å². The van der Waals surface area contributed by atoms with Crippen LogP contribution in [-0.2, 0) is 4.79 Å². The van der Waals surface area contributed by atoms with E-state index in [9.17, 15) is 14.0 Å². The van der Waals surface area contributed by atoms with Gasteiger partial charge in [-0.25, -0.2) is 4.39 Å². The average molecular weight is 296 g/mol. The molecule has 5 nitrogen and oxygen atoms in total. The number of carbonyl (C=O) groups is 2. The van der Waals surface area contributed by atoms with Gasteiger partial charge in [0.05, 0.1) is 5.92 Å². The number of hydrogen-bond acceptors (Lipinski definition) is 3. The lowest BCUT2D eigenvalue weighted by molar-refractivity contribution is -0.141. The van der Waals surface area contributed by atoms with Crippen LogP contribution in [0.4, 0.5) is 4.39 Å². The number of carboxylic acid groups (broad SMARTS) is 1. The molecule has 0 heterocycles. The van der Waals surface area contributed by atoms with Gasteiger partial charge in [-0.05, 0) is 32.3 Å². The van der Waals surface area contributed by atoms with Gasteiger partial charge in [-0.3, -0.25) is 9.59 Å². The molecule has 1 amide bonds. The van der Waals surface area contributed by atoms with E-state index in [0.717, 1.165) is 6.07 Å². The molecule has 1 N–H and O–H groups in total. The van der Waals surface area contributed by atoms with Crippen molar-refractivity contribution in [1.82, 2.24) is 9.80 Å². The van der Waals surface area contributed by atoms with Crippen LogP contribution in [0.15, 0.2) is 24.3 Å². The van der Waals surface area contributed by atoms with Crippen molar-refractivity contribution < 1.29 is 19.1 Å². The van der Waals surface area contributed by atoms with E-state index in [1.165, 1.54) is 23.1 Å². The Morgan fingerprint density at radius 1 is 1.29 bits per heavy atom. The van der Waals surface area contributed by atoms with Gasteiger partial charge in [-0.2, -0.15) is 0 Å². The molecule has 1 unspecified atom stereocenters. The van der Waals surface area contributed by atoms with Gasteiger partial charge >= 0.3 is 5.97 Å². The second-order valence-corrected chi connectivity index (χ2v) is 5.30. The molecule has 1 rings (SSSR count). The maximum atomic E-state index is 13.2. The Morgan fingerprint density at radius 2 is 1.95 bits per heavy atom. The summed E-state index contributed by atoms with van der Waals surface area (Å²) in [6.45, 7) is 2.63. The van der Waals surface area contributed by atoms with Crippen molar-refractivity contribution in [2.24, 2.45) is 5.92 Å². The third-order valence-corrected chi connectivity index (χ3v) is 3.09. The van der Waals surface area contributed by atoms with Crippen molar-refractivity contribution in [3.8, 4) is 0 Å². The van der Waals surface area contributed by atoms with Crippen LogP contribution < -0.4 is 0 Å². The summed E-state index contributed by atoms with van der Waals surface area (Å²) in [5.41, 5.74) is 0.228. The molecule has 1 aromatic carbocycles. The number of hydrogen-bond donors (Lipinski definition) is 1. The van der Waals surface area contributed by atoms with Crippen LogP contribution in [0.2, 0.25) is 0 Å². The van der Waals surface area contributed by atoms with Gasteiger partial charge in [-0.1, -0.05) is 13.0 Å². The van der Waals surface area contributed by atoms with E-state index in [4.69, 9.17) is 5.11 Å². The van der Waals surface area contributed by atoms with E-state index in [2.05, 4.69) is 0 Å². The lowest BCUT2D eigenvalue weighted by Crippen LogP contribution is -2.40. The smallest absolute Gasteiger partial charge is 0.308 e. The van der Waals surface area contributed by atoms with Gasteiger partial charge in [0, 0.05) is 25.2 Å². The standard InChI is InChI=1S/C15H21FN2O3/c1-11(15(20)21)10-18(8-7-17(2)3)14(19)12-5-4-6-13(16)9-12/h4-6,9,11H,7-8,10H2,1-3H3,(H,20,21). The first kappa shape index (κ1) is 17.1. The zero-order valence-corrected chi connectivity index (χ0v) is 12.5. The van der Waals surface area contributed by atoms with Crippen LogP contribution in [0.1, 0.15) is 17.3 Å². The SMILES string of the molecule is CC(CN(CCN(C)C)C(=O)c1cccc(F)c1)C(=O)O. The molecule has 0 radical (unpaired) electrons. The van der Waals surface area contributed by atoms with E-state index in [0.29, 0.717) is 13.1 Å². The highest BCUT2D eigenvalue weighted by atomic mass is 19.1. The predicted octanol–water partition coefficient (Wildman–Crippen LogP) is 1.55. The van der Waals surface area contributed by atoms with Gasteiger partial charge < -0.3 is 14.9 Å². The molecule has 0 bridgehead atoms. The first-order chi connectivity index (χ1) is 9.81. The van der Waals surface area contributed by atoms with Crippen LogP contribution in [0, 0.1) is 11.7 Å². The number of amides is 1. The maximum Gasteiger partial charge on any atom is 0.308 e. The lowest BCUT2D eigenvalue weighted by Gasteiger charge is -2.26. The number of rotatable bonds is 7. The van der Waals surface area contributed by atoms with E-state index in [1.54, 1.807) is 6.92 Å². The number of carboxylic acids is 1. The number of aliphatic carboxylic acids is 1. The molecule has 0 saturated heterocycles. The molecule has 116 valence electrons. The molecule has 6 heteroatoms. The molecular formula is C15H21FN2O3. The van der Waals surface area contributed by atoms with Crippen molar-refractivity contribution in [2.45, 2.75) is 6.92 Å². The minimum absolute atomic E-state index is 0.0958. The zero-order valence-electron chi connectivity index (χ0n) is 12.5. The van der Waals surface area contributed by atoms with Crippen LogP contribution in [0.3, 0.4) is 0 Å². The Hall–Kier alpha value is -1.95. The van der Waals surface area contributed by atoms with Gasteiger partial charge in [0.1, 0.15) is 5.82 Å². The second-order valence-electron chi connectivity index (χ2n) is 5.30. The van der Waals surface area contributed by atoms with E-state index < -0.39 is 17.7 Å². The zero-order chi connectivity index (χ0) is 16.0. The third-order valence-electron chi connectivity index (χ3n) is 3.09. The summed E-state index contributed by atoms with van der Waals surface area (Å²) < 4.78 is 13.2. The van der Waals surface area contributed by atoms with Gasteiger partial charge in [-0.15, -0.1) is 0 Å². The van der Waals surface area contributed by atoms with Crippen LogP contribution in [0.25, 0.3) is 0 Å². The van der Waals surface area contributed by atoms with Crippen molar-refractivity contribution >= 4 is 11.9 Å². The molecule has 0 aliphatic heterocycles. The van der Waals surface area contributed by atoms with Crippen molar-refractivity contribution in [3.05, 3.63) is 35.6 Å². The largest absolute Gasteiger partial charge is 0.481 e. The fourth-order valence-electron chi connectivity index (χ4n) is 1.81. The minimum Gasteiger partial charge on any atom is -0.481 e. The molecule has 0 aromatic heterocycles. The summed E-state index contributed by atoms with van der Waals surface area (Å²) in [6, 6.07) is 5.42. The molecule has 21 heavy (non-hydrogen) atoms. The number of nitrogens with zero attached hydrogens (tertiary/aromatic N) is 2. The van der Waals surface area contributed by atoms with Crippen LogP contribution in [0.5, 0.6) is 0 Å². The Balaban J connectivity index is 2.88. The van der Waals surface area contributed by atoms with Gasteiger partial charge in [0.2, 0.25) is 0 Å². The maximum absolute atomic E-state index is 13.2. The van der Waals surface area contributed by atoms with Crippen LogP contribution >= 0.6 is 0 Å². The lowest BCUT2D eigenvalue weighted by atomic mass is 10.1. The molecule has 1 atom stereocenters. The van der Waals surface area contributed by atoms with E-state index >= 15 is 0 Å². The summed E-state index contributed by atoms with van der Waals surface area (Å²) in [6.07, 6.45) is 0. The molecule has 1 aromatic rings. The normalized spacial score (nSPS) is 12.2. The molecule has 0 saturated carbocycles. The van der Waals surface area contributed by atoms with E-state index in [1.807, 2.05) is 19.0 Å². The monoisotopic (exact) mass is 296 g/mol. The quantitative estimate of drug-likeness (QED) is 0.829. The second kappa shape index (κ2) is 7.73. The predicted molar refractivity (Wildman–Crippen MR) is 77.7 cm³/mol. The summed E-state index contributed by atoms with van der Waals surface area (Å²) in [7, 11) is 3.73. The highest BCUT2D eigenvalue weighted by molar-refractivity contribution is 5.94. The molecule has 0 aliphatic rings. The molecule has 0 aliphatic carbocycles. The van der Waals surface area contributed by atoms with Crippen molar-refractivity contribution in [1.29, 1.82) is 0 Å². The summed E-state index contributed by atoms with van der Waals surface area (Å²) >= 11 is 0. The topological polar surface area (TPSA) is 60.9 Å². The Morgan fingerprint density at radius 3 is 2.48 bits per heavy atom. The van der Waals surface area contributed by atoms with Gasteiger partial charge in [0.25, 0.3) is 5.91 Å². The fraction of sp³-hybridized carbons (Fsp3) is 0.467. The number of halogens is 1. The average Bonchev–Trinajstić information content (AvgIpc) is 2.42. The minimum atomic E-state index is -0.961. The molecule has 0 fully saturated rings. The number of benzene rings is 1. The highest BCUT2D eigenvalue weighted by Gasteiger charge is 2.21. The van der Waals surface area contributed by atoms with Crippen molar-refractivity contribution in [2.75, 3.05) is 33.7 Å². The Bertz CT molecular complexity index is 505. The Labute approximate surface area is 124 Å². The third kappa shape index (κ3) is 5.51. The highest BCUT2D eigenvalue weighted by Crippen LogP contribution is 2.10. The number of carbonyl (C=O) groups excluding carboxylic acids is 1. The molecular weight excluding hydrogens is 275 g/mol. The van der Waals surface area contributed by atoms with E-state index in [-0.39, 0.29) is 18.0 Å². The molecule has 0 spiro atoms. The first-order valence-corrected chi connectivity index (χ1v) is 6.73. The first-order valence-electron chi connectivity index (χ1n) is 6.73. The summed E-state index contributed by atoms with van der Waals surface area (Å²) in [5.74, 6) is -2.48. The fourth-order valence-corrected chi connectivity index (χ4v) is 1.81. The Kier molecular flexibility index (Phi) is 6.30. The summed E-state index contributed by atoms with van der Waals surface area (Å²) in [5, 5.41) is 9.00. The van der Waals surface area contributed by atoms with Gasteiger partial charge in [0.15, 0.2) is 0 Å².